The maximum Gasteiger partial charge on any atom is 0.0626 e. The predicted octanol–water partition coefficient (Wildman–Crippen LogP) is 7.50. The van der Waals surface area contributed by atoms with Gasteiger partial charge in [-0.2, -0.15) is 0 Å². The van der Waals surface area contributed by atoms with Crippen LogP contribution < -0.4 is 10.4 Å². The number of hydrogen-bond donors (Lipinski definition) is 0. The third-order valence-corrected chi connectivity index (χ3v) is 7.50. The van der Waals surface area contributed by atoms with Crippen molar-refractivity contribution in [1.29, 1.82) is 0 Å². The highest BCUT2D eigenvalue weighted by molar-refractivity contribution is 5.96. The van der Waals surface area contributed by atoms with Crippen LogP contribution in [0.1, 0.15) is 25.2 Å². The van der Waals surface area contributed by atoms with Gasteiger partial charge in [-0.1, -0.05) is 133 Å². The SMILES string of the molecule is [2H]C1=C([2H])C([2H])C([2H])C(C2=c3ccccc3=C(c3ccc(-c4cccc5ccccc45)cc3)C3C=CC=CC23)=C1[2H]. The minimum Gasteiger partial charge on any atom is -0.0842 e. The molecule has 0 amide bonds. The third-order valence-electron chi connectivity index (χ3n) is 7.50. The monoisotopic (exact) mass is 465 g/mol. The van der Waals surface area contributed by atoms with Crippen molar-refractivity contribution in [2.75, 3.05) is 0 Å². The first-order chi connectivity index (χ1) is 20.0. The maximum absolute atomic E-state index is 8.87. The molecule has 0 N–H and O–H groups in total. The fraction of sp³-hybridized carbons (Fsp3) is 0.111. The summed E-state index contributed by atoms with van der Waals surface area (Å²) in [7, 11) is 0. The van der Waals surface area contributed by atoms with E-state index in [1.54, 1.807) is 0 Å². The molecule has 36 heavy (non-hydrogen) atoms. The Labute approximate surface area is 219 Å². The highest BCUT2D eigenvalue weighted by Gasteiger charge is 2.32. The van der Waals surface area contributed by atoms with Crippen LogP contribution in [-0.2, 0) is 0 Å². The van der Waals surface area contributed by atoms with E-state index in [-0.39, 0.29) is 30.0 Å². The van der Waals surface area contributed by atoms with Gasteiger partial charge >= 0.3 is 0 Å². The Hall–Kier alpha value is -4.16. The molecule has 0 fully saturated rings. The van der Waals surface area contributed by atoms with Crippen molar-refractivity contribution in [3.05, 3.63) is 155 Å². The number of allylic oxidation sites excluding steroid dienone is 8. The van der Waals surface area contributed by atoms with Crippen LogP contribution >= 0.6 is 0 Å². The maximum atomic E-state index is 8.87. The summed E-state index contributed by atoms with van der Waals surface area (Å²) in [5.41, 5.74) is 5.90. The molecule has 0 heterocycles. The van der Waals surface area contributed by atoms with Crippen LogP contribution in [0.3, 0.4) is 0 Å². The Bertz CT molecular complexity index is 1950. The lowest BCUT2D eigenvalue weighted by Gasteiger charge is -2.34. The summed E-state index contributed by atoms with van der Waals surface area (Å²) in [5.74, 6) is -0.168. The average Bonchev–Trinajstić information content (AvgIpc) is 3.02. The van der Waals surface area contributed by atoms with Gasteiger partial charge < -0.3 is 0 Å². The molecule has 4 aromatic carbocycles. The molecule has 0 aromatic heterocycles. The van der Waals surface area contributed by atoms with Crippen molar-refractivity contribution < 1.29 is 6.85 Å². The van der Waals surface area contributed by atoms with Crippen molar-refractivity contribution in [2.24, 2.45) is 11.8 Å². The zero-order chi connectivity index (χ0) is 28.2. The molecule has 3 aliphatic rings. The first kappa shape index (κ1) is 16.5. The molecular weight excluding hydrogens is 432 g/mol. The summed E-state index contributed by atoms with van der Waals surface area (Å²) in [6.07, 6.45) is 6.10. The summed E-state index contributed by atoms with van der Waals surface area (Å²) in [6.45, 7) is 0. The predicted molar refractivity (Wildman–Crippen MR) is 153 cm³/mol. The van der Waals surface area contributed by atoms with E-state index in [1.807, 2.05) is 24.3 Å². The van der Waals surface area contributed by atoms with Gasteiger partial charge in [-0.05, 0) is 67.4 Å². The van der Waals surface area contributed by atoms with E-state index in [4.69, 9.17) is 6.85 Å². The van der Waals surface area contributed by atoms with Gasteiger partial charge in [0.2, 0.25) is 0 Å². The lowest BCUT2D eigenvalue weighted by Crippen LogP contribution is -2.40. The van der Waals surface area contributed by atoms with Gasteiger partial charge in [-0.25, -0.2) is 0 Å². The summed E-state index contributed by atoms with van der Waals surface area (Å²) in [6, 6.07) is 31.1. The van der Waals surface area contributed by atoms with Gasteiger partial charge in [0, 0.05) is 14.6 Å². The van der Waals surface area contributed by atoms with Crippen LogP contribution in [0.2, 0.25) is 0 Å². The second-order valence-corrected chi connectivity index (χ2v) is 9.44. The molecule has 172 valence electrons. The zero-order valence-corrected chi connectivity index (χ0v) is 19.8. The van der Waals surface area contributed by atoms with E-state index < -0.39 is 12.8 Å². The van der Waals surface area contributed by atoms with Crippen LogP contribution in [0.4, 0.5) is 0 Å². The minimum atomic E-state index is -1.18. The van der Waals surface area contributed by atoms with Crippen molar-refractivity contribution in [3.8, 4) is 11.1 Å². The van der Waals surface area contributed by atoms with Gasteiger partial charge in [0.1, 0.15) is 0 Å². The van der Waals surface area contributed by atoms with Crippen LogP contribution in [0.25, 0.3) is 33.0 Å². The number of fused-ring (bicyclic) bond motifs is 3. The highest BCUT2D eigenvalue weighted by Crippen LogP contribution is 2.42. The molecule has 7 rings (SSSR count). The van der Waals surface area contributed by atoms with Crippen LogP contribution in [0, 0.1) is 11.8 Å². The van der Waals surface area contributed by atoms with E-state index in [2.05, 4.69) is 91.0 Å². The molecule has 3 aliphatic carbocycles. The minimum absolute atomic E-state index is 0.0273. The molecule has 0 aliphatic heterocycles. The molecule has 0 spiro atoms. The molecular formula is C36H28. The number of hydrogen-bond acceptors (Lipinski definition) is 0. The third kappa shape index (κ3) is 3.45. The van der Waals surface area contributed by atoms with Crippen molar-refractivity contribution in [1.82, 2.24) is 0 Å². The van der Waals surface area contributed by atoms with Crippen molar-refractivity contribution >= 4 is 21.9 Å². The summed E-state index contributed by atoms with van der Waals surface area (Å²) >= 11 is 0. The van der Waals surface area contributed by atoms with Gasteiger partial charge in [0.05, 0.1) is 4.11 Å². The molecule has 0 heteroatoms. The van der Waals surface area contributed by atoms with E-state index in [9.17, 15) is 0 Å². The Morgan fingerprint density at radius 1 is 0.667 bits per heavy atom. The largest absolute Gasteiger partial charge is 0.0842 e. The van der Waals surface area contributed by atoms with E-state index >= 15 is 0 Å². The van der Waals surface area contributed by atoms with Crippen LogP contribution in [-0.4, -0.2) is 0 Å². The van der Waals surface area contributed by atoms with Gasteiger partial charge in [0.15, 0.2) is 0 Å². The van der Waals surface area contributed by atoms with Crippen molar-refractivity contribution in [3.63, 3.8) is 0 Å². The summed E-state index contributed by atoms with van der Waals surface area (Å²) in [4.78, 5) is 0. The lowest BCUT2D eigenvalue weighted by molar-refractivity contribution is 0.679. The molecule has 4 atom stereocenters. The summed E-state index contributed by atoms with van der Waals surface area (Å²) < 4.78 is 42.6. The van der Waals surface area contributed by atoms with Gasteiger partial charge in [-0.15, -0.1) is 0 Å². The number of rotatable bonds is 3. The summed E-state index contributed by atoms with van der Waals surface area (Å²) in [5, 5.41) is 4.42. The highest BCUT2D eigenvalue weighted by atomic mass is 14.3. The first-order valence-corrected chi connectivity index (χ1v) is 12.5. The van der Waals surface area contributed by atoms with Crippen LogP contribution in [0.5, 0.6) is 0 Å². The quantitative estimate of drug-likeness (QED) is 0.294. The molecule has 0 saturated heterocycles. The average molecular weight is 466 g/mol. The second-order valence-electron chi connectivity index (χ2n) is 9.44. The Balaban J connectivity index is 1.47. The Morgan fingerprint density at radius 3 is 2.17 bits per heavy atom. The lowest BCUT2D eigenvalue weighted by atomic mass is 9.69. The molecule has 0 bridgehead atoms. The molecule has 0 radical (unpaired) electrons. The molecule has 0 saturated carbocycles. The fourth-order valence-electron chi connectivity index (χ4n) is 5.92. The van der Waals surface area contributed by atoms with E-state index in [1.165, 1.54) is 21.9 Å². The number of benzene rings is 4. The normalized spacial score (nSPS) is 27.2. The van der Waals surface area contributed by atoms with Gasteiger partial charge in [-0.3, -0.25) is 0 Å². The smallest absolute Gasteiger partial charge is 0.0626 e. The molecule has 4 aromatic rings. The first-order valence-electron chi connectivity index (χ1n) is 15.1. The zero-order valence-electron chi connectivity index (χ0n) is 24.8. The van der Waals surface area contributed by atoms with E-state index in [0.717, 1.165) is 27.1 Å². The fourth-order valence-corrected chi connectivity index (χ4v) is 5.92. The van der Waals surface area contributed by atoms with E-state index in [0.29, 0.717) is 5.57 Å². The molecule has 4 unspecified atom stereocenters. The second kappa shape index (κ2) is 8.81. The standard InChI is InChI=1S/C36H28/c1-2-12-27(13-3-1)35-31-16-6-8-18-33(31)36(34-19-9-7-17-32(34)35)28-23-21-26(22-24-28)30-20-10-14-25-11-4-5-15-29(25)30/h1-2,4-12,14-24,31,33H,3,13H2/i1D,2D,3D,12D,13D. The molecule has 0 nitrogen and oxygen atoms in total. The Kier molecular flexibility index (Phi) is 4.04. The Morgan fingerprint density at radius 2 is 1.33 bits per heavy atom. The van der Waals surface area contributed by atoms with Crippen molar-refractivity contribution in [2.45, 2.75) is 12.8 Å². The van der Waals surface area contributed by atoms with Crippen LogP contribution in [0.15, 0.2) is 139 Å². The van der Waals surface area contributed by atoms with Gasteiger partial charge in [0.25, 0.3) is 0 Å². The topological polar surface area (TPSA) is 0 Å².